The summed E-state index contributed by atoms with van der Waals surface area (Å²) in [4.78, 5) is 0. The van der Waals surface area contributed by atoms with Gasteiger partial charge in [0.25, 0.3) is 0 Å². The first-order valence-corrected chi connectivity index (χ1v) is 5.56. The Hall–Kier alpha value is 0.610. The van der Waals surface area contributed by atoms with Crippen molar-refractivity contribution < 1.29 is 0 Å². The number of fused-ring (bicyclic) bond motifs is 1. The Labute approximate surface area is 87.9 Å². The second kappa shape index (κ2) is 3.40. The Morgan fingerprint density at radius 1 is 0.917 bits per heavy atom. The van der Waals surface area contributed by atoms with Gasteiger partial charge in [0.15, 0.2) is 0 Å². The highest BCUT2D eigenvalue weighted by atomic mass is 35.5. The van der Waals surface area contributed by atoms with E-state index in [2.05, 4.69) is 0 Å². The first-order chi connectivity index (χ1) is 5.72. The Morgan fingerprint density at radius 2 is 1.42 bits per heavy atom. The fourth-order valence-corrected chi connectivity index (χ4v) is 3.07. The van der Waals surface area contributed by atoms with E-state index in [0.717, 1.165) is 11.8 Å². The summed E-state index contributed by atoms with van der Waals surface area (Å²) >= 11 is 17.3. The molecular formula is C9H11Cl3. The smallest absolute Gasteiger partial charge is 0.0862 e. The summed E-state index contributed by atoms with van der Waals surface area (Å²) in [7, 11) is 0. The Morgan fingerprint density at radius 3 is 1.83 bits per heavy atom. The van der Waals surface area contributed by atoms with Crippen LogP contribution < -0.4 is 0 Å². The molecule has 2 rings (SSSR count). The molecule has 2 aliphatic rings. The van der Waals surface area contributed by atoms with Gasteiger partial charge in [0, 0.05) is 5.92 Å². The molecule has 0 N–H and O–H groups in total. The highest BCUT2D eigenvalue weighted by Gasteiger charge is 2.52. The molecule has 0 aromatic rings. The summed E-state index contributed by atoms with van der Waals surface area (Å²) < 4.78 is 0.274. The number of hydrogen-bond acceptors (Lipinski definition) is 0. The third kappa shape index (κ3) is 1.49. The number of hydrogen-bond donors (Lipinski definition) is 0. The van der Waals surface area contributed by atoms with Crippen LogP contribution in [0.5, 0.6) is 0 Å². The van der Waals surface area contributed by atoms with Gasteiger partial charge in [0.2, 0.25) is 0 Å². The van der Waals surface area contributed by atoms with Crippen molar-refractivity contribution in [3.63, 3.8) is 0 Å². The van der Waals surface area contributed by atoms with Crippen molar-refractivity contribution in [3.8, 4) is 0 Å². The fraction of sp³-hybridized carbons (Fsp3) is 0.778. The van der Waals surface area contributed by atoms with Gasteiger partial charge in [-0.2, -0.15) is 0 Å². The molecule has 0 aliphatic heterocycles. The summed E-state index contributed by atoms with van der Waals surface area (Å²) in [6.45, 7) is 0. The van der Waals surface area contributed by atoms with E-state index in [1.54, 1.807) is 0 Å². The normalized spacial score (nSPS) is 38.8. The van der Waals surface area contributed by atoms with Crippen LogP contribution in [0.15, 0.2) is 9.52 Å². The van der Waals surface area contributed by atoms with E-state index in [9.17, 15) is 0 Å². The van der Waals surface area contributed by atoms with Crippen molar-refractivity contribution in [2.75, 3.05) is 0 Å². The summed E-state index contributed by atoms with van der Waals surface area (Å²) in [5.74, 6) is 2.08. The molecule has 0 aromatic heterocycles. The third-order valence-corrected chi connectivity index (χ3v) is 4.17. The van der Waals surface area contributed by atoms with Gasteiger partial charge >= 0.3 is 0 Å². The topological polar surface area (TPSA) is 0 Å². The molecule has 3 atom stereocenters. The number of rotatable bonds is 1. The summed E-state index contributed by atoms with van der Waals surface area (Å²) in [5, 5.41) is 0.704. The molecule has 1 unspecified atom stereocenters. The zero-order valence-electron chi connectivity index (χ0n) is 6.69. The van der Waals surface area contributed by atoms with Crippen LogP contribution in [0.1, 0.15) is 25.7 Å². The first-order valence-electron chi connectivity index (χ1n) is 4.42. The molecule has 0 radical (unpaired) electrons. The van der Waals surface area contributed by atoms with Crippen LogP contribution in [0.4, 0.5) is 0 Å². The maximum atomic E-state index is 6.00. The van der Waals surface area contributed by atoms with Crippen LogP contribution in [0, 0.1) is 17.8 Å². The van der Waals surface area contributed by atoms with Crippen molar-refractivity contribution in [2.24, 2.45) is 17.8 Å². The van der Waals surface area contributed by atoms with Crippen molar-refractivity contribution in [3.05, 3.63) is 9.52 Å². The Kier molecular flexibility index (Phi) is 2.60. The number of halogens is 3. The largest absolute Gasteiger partial charge is 0.121 e. The molecule has 0 saturated heterocycles. The molecule has 0 bridgehead atoms. The van der Waals surface area contributed by atoms with E-state index in [4.69, 9.17) is 34.8 Å². The van der Waals surface area contributed by atoms with Crippen molar-refractivity contribution >= 4 is 34.8 Å². The van der Waals surface area contributed by atoms with Crippen LogP contribution in [-0.4, -0.2) is 0 Å². The molecule has 3 heteroatoms. The van der Waals surface area contributed by atoms with Crippen LogP contribution in [0.25, 0.3) is 0 Å². The molecule has 12 heavy (non-hydrogen) atoms. The van der Waals surface area contributed by atoms with Gasteiger partial charge in [-0.05, 0) is 24.7 Å². The zero-order valence-corrected chi connectivity index (χ0v) is 8.96. The minimum atomic E-state index is 0.274. The standard InChI is InChI=1S/C9H11Cl3/c10-8(9(11)12)7-5-3-1-2-4-6(5)7/h5-7H,1-4H2/t5-,6+,7?. The quantitative estimate of drug-likeness (QED) is 0.624. The van der Waals surface area contributed by atoms with Gasteiger partial charge in [-0.15, -0.1) is 0 Å². The lowest BCUT2D eigenvalue weighted by atomic mass is 10.0. The van der Waals surface area contributed by atoms with E-state index in [0.29, 0.717) is 11.0 Å². The van der Waals surface area contributed by atoms with Crippen LogP contribution in [0.3, 0.4) is 0 Å². The maximum Gasteiger partial charge on any atom is 0.121 e. The Balaban J connectivity index is 2.05. The highest BCUT2D eigenvalue weighted by molar-refractivity contribution is 6.59. The predicted octanol–water partition coefficient (Wildman–Crippen LogP) is 4.31. The minimum absolute atomic E-state index is 0.274. The van der Waals surface area contributed by atoms with E-state index in [1.807, 2.05) is 0 Å². The van der Waals surface area contributed by atoms with Crippen LogP contribution in [0.2, 0.25) is 0 Å². The number of allylic oxidation sites excluding steroid dienone is 1. The Bertz CT molecular complexity index is 206. The molecule has 0 heterocycles. The van der Waals surface area contributed by atoms with Crippen LogP contribution >= 0.6 is 34.8 Å². The van der Waals surface area contributed by atoms with Gasteiger partial charge in [0.1, 0.15) is 4.49 Å². The summed E-state index contributed by atoms with van der Waals surface area (Å²) in [6.07, 6.45) is 5.32. The molecule has 0 amide bonds. The SMILES string of the molecule is ClC(Cl)=C(Cl)C1[C@H]2CCCC[C@@H]12. The predicted molar refractivity (Wildman–Crippen MR) is 53.5 cm³/mol. The monoisotopic (exact) mass is 224 g/mol. The lowest BCUT2D eigenvalue weighted by Crippen LogP contribution is -1.91. The van der Waals surface area contributed by atoms with Gasteiger partial charge in [0.05, 0.1) is 5.03 Å². The average molecular weight is 226 g/mol. The minimum Gasteiger partial charge on any atom is -0.0862 e. The molecule has 2 aliphatic carbocycles. The van der Waals surface area contributed by atoms with Gasteiger partial charge in [-0.25, -0.2) is 0 Å². The highest BCUT2D eigenvalue weighted by Crippen LogP contribution is 2.60. The zero-order chi connectivity index (χ0) is 8.72. The van der Waals surface area contributed by atoms with Crippen molar-refractivity contribution in [2.45, 2.75) is 25.7 Å². The van der Waals surface area contributed by atoms with Crippen LogP contribution in [-0.2, 0) is 0 Å². The lowest BCUT2D eigenvalue weighted by molar-refractivity contribution is 0.480. The van der Waals surface area contributed by atoms with E-state index in [1.165, 1.54) is 25.7 Å². The van der Waals surface area contributed by atoms with Gasteiger partial charge in [-0.1, -0.05) is 47.6 Å². The molecule has 2 fully saturated rings. The van der Waals surface area contributed by atoms with Crippen molar-refractivity contribution in [1.29, 1.82) is 0 Å². The average Bonchev–Trinajstić information content (AvgIpc) is 2.76. The fourth-order valence-electron chi connectivity index (χ4n) is 2.49. The summed E-state index contributed by atoms with van der Waals surface area (Å²) in [6, 6.07) is 0. The second-order valence-corrected chi connectivity index (χ2v) is 5.10. The second-order valence-electron chi connectivity index (χ2n) is 3.75. The van der Waals surface area contributed by atoms with Crippen molar-refractivity contribution in [1.82, 2.24) is 0 Å². The van der Waals surface area contributed by atoms with Gasteiger partial charge < -0.3 is 0 Å². The third-order valence-electron chi connectivity index (χ3n) is 3.13. The van der Waals surface area contributed by atoms with Gasteiger partial charge in [-0.3, -0.25) is 0 Å². The molecule has 0 aromatic carbocycles. The maximum absolute atomic E-state index is 6.00. The molecular weight excluding hydrogens is 214 g/mol. The molecule has 68 valence electrons. The lowest BCUT2D eigenvalue weighted by Gasteiger charge is -2.04. The van der Waals surface area contributed by atoms with E-state index in [-0.39, 0.29) is 4.49 Å². The van der Waals surface area contributed by atoms with E-state index < -0.39 is 0 Å². The van der Waals surface area contributed by atoms with E-state index >= 15 is 0 Å². The first kappa shape index (κ1) is 9.18. The molecule has 2 saturated carbocycles. The molecule has 0 spiro atoms. The molecule has 0 nitrogen and oxygen atoms in total. The summed E-state index contributed by atoms with van der Waals surface area (Å²) in [5.41, 5.74) is 0.